The first kappa shape index (κ1) is 13.2. The van der Waals surface area contributed by atoms with Gasteiger partial charge in [0, 0.05) is 40.6 Å². The zero-order chi connectivity index (χ0) is 12.0. The topological polar surface area (TPSA) is 50.3 Å². The summed E-state index contributed by atoms with van der Waals surface area (Å²) in [7, 11) is 5.51. The first-order chi connectivity index (χ1) is 7.69. The smallest absolute Gasteiger partial charge is 0.224 e. The zero-order valence-corrected chi connectivity index (χ0v) is 11.4. The van der Waals surface area contributed by atoms with Crippen LogP contribution in [0.25, 0.3) is 0 Å². The average Bonchev–Trinajstić information content (AvgIpc) is 2.30. The predicted molar refractivity (Wildman–Crippen MR) is 69.0 cm³/mol. The number of hydrogen-bond donors (Lipinski definition) is 1. The molecule has 0 fully saturated rings. The fourth-order valence-electron chi connectivity index (χ4n) is 1.30. The van der Waals surface area contributed by atoms with Crippen molar-refractivity contribution in [1.82, 2.24) is 9.97 Å². The molecular weight excluding hydrogens is 272 g/mol. The third-order valence-corrected chi connectivity index (χ3v) is 2.71. The molecule has 0 unspecified atom stereocenters. The summed E-state index contributed by atoms with van der Waals surface area (Å²) < 4.78 is 5.91. The van der Waals surface area contributed by atoms with Crippen LogP contribution in [0.5, 0.6) is 0 Å². The molecule has 0 atom stereocenters. The van der Waals surface area contributed by atoms with Crippen molar-refractivity contribution >= 4 is 27.7 Å². The monoisotopic (exact) mass is 288 g/mol. The average molecular weight is 289 g/mol. The molecule has 0 aromatic carbocycles. The lowest BCUT2D eigenvalue weighted by atomic mass is 10.4. The highest BCUT2D eigenvalue weighted by Gasteiger charge is 2.08. The van der Waals surface area contributed by atoms with E-state index >= 15 is 0 Å². The van der Waals surface area contributed by atoms with Crippen molar-refractivity contribution in [3.63, 3.8) is 0 Å². The molecule has 0 saturated heterocycles. The molecule has 0 amide bonds. The van der Waals surface area contributed by atoms with E-state index in [4.69, 9.17) is 4.74 Å². The molecule has 1 heterocycles. The van der Waals surface area contributed by atoms with Crippen LogP contribution in [0.1, 0.15) is 6.42 Å². The lowest BCUT2D eigenvalue weighted by molar-refractivity contribution is 0.196. The number of aromatic nitrogens is 2. The molecule has 0 saturated carbocycles. The summed E-state index contributed by atoms with van der Waals surface area (Å²) in [6.07, 6.45) is 2.72. The van der Waals surface area contributed by atoms with Gasteiger partial charge in [-0.15, -0.1) is 0 Å². The molecule has 1 aromatic heterocycles. The van der Waals surface area contributed by atoms with E-state index in [0.717, 1.165) is 29.9 Å². The van der Waals surface area contributed by atoms with Crippen molar-refractivity contribution in [2.45, 2.75) is 6.42 Å². The Labute approximate surface area is 104 Å². The SMILES string of the molecule is CNc1ncc(Br)c(N(C)CCCOC)n1. The Morgan fingerprint density at radius 1 is 1.56 bits per heavy atom. The largest absolute Gasteiger partial charge is 0.385 e. The van der Waals surface area contributed by atoms with Gasteiger partial charge in [-0.05, 0) is 22.4 Å². The van der Waals surface area contributed by atoms with Crippen molar-refractivity contribution in [3.05, 3.63) is 10.7 Å². The summed E-state index contributed by atoms with van der Waals surface area (Å²) in [5.41, 5.74) is 0. The van der Waals surface area contributed by atoms with Gasteiger partial charge in [-0.1, -0.05) is 0 Å². The quantitative estimate of drug-likeness (QED) is 0.809. The van der Waals surface area contributed by atoms with Gasteiger partial charge in [0.25, 0.3) is 0 Å². The molecule has 0 aliphatic rings. The van der Waals surface area contributed by atoms with E-state index in [1.165, 1.54) is 0 Å². The van der Waals surface area contributed by atoms with Crippen LogP contribution < -0.4 is 10.2 Å². The van der Waals surface area contributed by atoms with Crippen LogP contribution in [-0.4, -0.2) is 44.3 Å². The summed E-state index contributed by atoms with van der Waals surface area (Å²) in [5, 5.41) is 2.92. The number of anilines is 2. The lowest BCUT2D eigenvalue weighted by Gasteiger charge is -2.19. The molecule has 1 aromatic rings. The number of halogens is 1. The van der Waals surface area contributed by atoms with Crippen molar-refractivity contribution in [3.8, 4) is 0 Å². The van der Waals surface area contributed by atoms with E-state index in [0.29, 0.717) is 5.95 Å². The maximum Gasteiger partial charge on any atom is 0.224 e. The summed E-state index contributed by atoms with van der Waals surface area (Å²) in [4.78, 5) is 10.6. The van der Waals surface area contributed by atoms with Crippen LogP contribution in [0.4, 0.5) is 11.8 Å². The van der Waals surface area contributed by atoms with Crippen LogP contribution in [0.3, 0.4) is 0 Å². The molecule has 0 bridgehead atoms. The Hall–Kier alpha value is -0.880. The minimum absolute atomic E-state index is 0.622. The number of hydrogen-bond acceptors (Lipinski definition) is 5. The summed E-state index contributed by atoms with van der Waals surface area (Å²) >= 11 is 3.44. The van der Waals surface area contributed by atoms with Crippen LogP contribution >= 0.6 is 15.9 Å². The number of nitrogens with zero attached hydrogens (tertiary/aromatic N) is 3. The molecule has 1 rings (SSSR count). The van der Waals surface area contributed by atoms with Crippen LogP contribution in [-0.2, 0) is 4.74 Å². The van der Waals surface area contributed by atoms with Gasteiger partial charge in [0.2, 0.25) is 5.95 Å². The second-order valence-electron chi connectivity index (χ2n) is 3.38. The van der Waals surface area contributed by atoms with Crippen molar-refractivity contribution in [1.29, 1.82) is 0 Å². The van der Waals surface area contributed by atoms with Gasteiger partial charge in [0.1, 0.15) is 5.82 Å². The Balaban J connectivity index is 2.69. The minimum Gasteiger partial charge on any atom is -0.385 e. The highest BCUT2D eigenvalue weighted by molar-refractivity contribution is 9.10. The minimum atomic E-state index is 0.622. The normalized spacial score (nSPS) is 10.2. The predicted octanol–water partition coefficient (Wildman–Crippen LogP) is 1.75. The second kappa shape index (κ2) is 6.65. The summed E-state index contributed by atoms with van der Waals surface area (Å²) in [6, 6.07) is 0. The maximum absolute atomic E-state index is 5.02. The highest BCUT2D eigenvalue weighted by atomic mass is 79.9. The number of ether oxygens (including phenoxy) is 1. The number of rotatable bonds is 6. The van der Waals surface area contributed by atoms with E-state index in [9.17, 15) is 0 Å². The van der Waals surface area contributed by atoms with Crippen LogP contribution in [0.2, 0.25) is 0 Å². The fraction of sp³-hybridized carbons (Fsp3) is 0.600. The van der Waals surface area contributed by atoms with E-state index < -0.39 is 0 Å². The van der Waals surface area contributed by atoms with Gasteiger partial charge in [-0.25, -0.2) is 4.98 Å². The number of nitrogens with one attached hydrogen (secondary N) is 1. The zero-order valence-electron chi connectivity index (χ0n) is 9.83. The summed E-state index contributed by atoms with van der Waals surface area (Å²) in [5.74, 6) is 1.51. The van der Waals surface area contributed by atoms with E-state index in [1.54, 1.807) is 20.4 Å². The van der Waals surface area contributed by atoms with Crippen LogP contribution in [0.15, 0.2) is 10.7 Å². The molecule has 6 heteroatoms. The molecule has 90 valence electrons. The Bertz CT molecular complexity index is 335. The fourth-order valence-corrected chi connectivity index (χ4v) is 1.79. The van der Waals surface area contributed by atoms with E-state index in [1.807, 2.05) is 7.05 Å². The van der Waals surface area contributed by atoms with E-state index in [-0.39, 0.29) is 0 Å². The molecule has 0 radical (unpaired) electrons. The molecular formula is C10H17BrN4O. The lowest BCUT2D eigenvalue weighted by Crippen LogP contribution is -2.21. The molecule has 0 spiro atoms. The Morgan fingerprint density at radius 3 is 2.94 bits per heavy atom. The van der Waals surface area contributed by atoms with Crippen LogP contribution in [0, 0.1) is 0 Å². The van der Waals surface area contributed by atoms with Gasteiger partial charge in [-0.2, -0.15) is 4.98 Å². The molecule has 16 heavy (non-hydrogen) atoms. The van der Waals surface area contributed by atoms with Gasteiger partial charge >= 0.3 is 0 Å². The third-order valence-electron chi connectivity index (χ3n) is 2.15. The summed E-state index contributed by atoms with van der Waals surface area (Å²) in [6.45, 7) is 1.65. The second-order valence-corrected chi connectivity index (χ2v) is 4.24. The van der Waals surface area contributed by atoms with Crippen molar-refractivity contribution in [2.75, 3.05) is 44.6 Å². The third kappa shape index (κ3) is 3.61. The Kier molecular flexibility index (Phi) is 5.48. The van der Waals surface area contributed by atoms with Gasteiger partial charge < -0.3 is 15.0 Å². The van der Waals surface area contributed by atoms with Gasteiger partial charge in [0.15, 0.2) is 0 Å². The first-order valence-corrected chi connectivity index (χ1v) is 5.88. The number of methoxy groups -OCH3 is 1. The van der Waals surface area contributed by atoms with Gasteiger partial charge in [0.05, 0.1) is 4.47 Å². The van der Waals surface area contributed by atoms with E-state index in [2.05, 4.69) is 36.1 Å². The van der Waals surface area contributed by atoms with Crippen molar-refractivity contribution < 1.29 is 4.74 Å². The molecule has 5 nitrogen and oxygen atoms in total. The van der Waals surface area contributed by atoms with Crippen molar-refractivity contribution in [2.24, 2.45) is 0 Å². The van der Waals surface area contributed by atoms with Gasteiger partial charge in [-0.3, -0.25) is 0 Å². The molecule has 0 aliphatic carbocycles. The maximum atomic E-state index is 5.02. The first-order valence-electron chi connectivity index (χ1n) is 5.09. The standard InChI is InChI=1S/C10H17BrN4O/c1-12-10-13-7-8(11)9(14-10)15(2)5-4-6-16-3/h7H,4-6H2,1-3H3,(H,12,13,14). The molecule has 1 N–H and O–H groups in total. The highest BCUT2D eigenvalue weighted by Crippen LogP contribution is 2.23. The molecule has 0 aliphatic heterocycles. The Morgan fingerprint density at radius 2 is 2.31 bits per heavy atom.